The number of primary amides is 1. The summed E-state index contributed by atoms with van der Waals surface area (Å²) in [5, 5.41) is 19.7. The molecule has 3 aliphatic carbocycles. The van der Waals surface area contributed by atoms with Gasteiger partial charge in [-0.15, -0.1) is 0 Å². The van der Waals surface area contributed by atoms with Crippen molar-refractivity contribution in [3.8, 4) is 0 Å². The van der Waals surface area contributed by atoms with Crippen molar-refractivity contribution in [1.29, 1.82) is 0 Å². The molecule has 13 heteroatoms. The fourth-order valence-electron chi connectivity index (χ4n) is 8.69. The predicted molar refractivity (Wildman–Crippen MR) is 202 cm³/mol. The lowest BCUT2D eigenvalue weighted by Crippen LogP contribution is -2.63. The Balaban J connectivity index is 1.64. The Kier molecular flexibility index (Phi) is 14.8. The summed E-state index contributed by atoms with van der Waals surface area (Å²) in [6.07, 6.45) is 15.0. The summed E-state index contributed by atoms with van der Waals surface area (Å²) in [5.41, 5.74) is 4.92. The fraction of sp³-hybridized carbons (Fsp3) is 0.775. The third-order valence-electron chi connectivity index (χ3n) is 12.7. The van der Waals surface area contributed by atoms with Crippen LogP contribution in [0.25, 0.3) is 0 Å². The Morgan fingerprint density at radius 1 is 0.943 bits per heavy atom. The molecule has 3 saturated carbocycles. The van der Waals surface area contributed by atoms with Crippen molar-refractivity contribution in [3.05, 3.63) is 24.3 Å². The number of hydrogen-bond acceptors (Lipinski definition) is 8. The summed E-state index contributed by atoms with van der Waals surface area (Å²) in [6, 6.07) is -3.75. The number of nitrogens with two attached hydrogens (primary N) is 1. The van der Waals surface area contributed by atoms with Gasteiger partial charge >= 0.3 is 0 Å². The van der Waals surface area contributed by atoms with E-state index in [2.05, 4.69) is 39.8 Å². The van der Waals surface area contributed by atoms with E-state index in [0.29, 0.717) is 12.8 Å². The number of hydrogen-bond donors (Lipinski definition) is 5. The first-order chi connectivity index (χ1) is 25.1. The molecule has 0 saturated heterocycles. The molecule has 0 aromatic carbocycles. The lowest BCUT2D eigenvalue weighted by Gasteiger charge is -2.48. The molecule has 1 aromatic rings. The second kappa shape index (κ2) is 18.6. The molecular weight excluding hydrogens is 674 g/mol. The lowest BCUT2D eigenvalue weighted by atomic mass is 9.59. The molecule has 13 nitrogen and oxygen atoms in total. The molecule has 0 radical (unpaired) electrons. The van der Waals surface area contributed by atoms with E-state index in [-0.39, 0.29) is 35.4 Å². The topological polar surface area (TPSA) is 197 Å². The maximum absolute atomic E-state index is 14.9. The molecule has 6 atom stereocenters. The first-order valence-corrected chi connectivity index (χ1v) is 20.1. The normalized spacial score (nSPS) is 21.0. The van der Waals surface area contributed by atoms with Crippen molar-refractivity contribution in [2.24, 2.45) is 34.3 Å². The number of aliphatic hydroxyl groups excluding tert-OH is 1. The number of nitrogens with one attached hydrogen (secondary N) is 3. The van der Waals surface area contributed by atoms with E-state index in [1.54, 1.807) is 4.90 Å². The van der Waals surface area contributed by atoms with Crippen molar-refractivity contribution in [2.45, 2.75) is 162 Å². The van der Waals surface area contributed by atoms with E-state index in [1.165, 1.54) is 18.6 Å². The van der Waals surface area contributed by atoms with Gasteiger partial charge in [0.05, 0.1) is 12.2 Å². The van der Waals surface area contributed by atoms with Gasteiger partial charge in [-0.05, 0) is 74.0 Å². The quantitative estimate of drug-likeness (QED) is 0.149. The van der Waals surface area contributed by atoms with Crippen LogP contribution in [0.4, 0.5) is 0 Å². The van der Waals surface area contributed by atoms with Gasteiger partial charge in [-0.1, -0.05) is 86.0 Å². The zero-order chi connectivity index (χ0) is 38.9. The second-order valence-electron chi connectivity index (χ2n) is 17.1. The zero-order valence-corrected chi connectivity index (χ0v) is 32.9. The number of amides is 5. The minimum absolute atomic E-state index is 0.0608. The second-order valence-corrected chi connectivity index (χ2v) is 17.1. The summed E-state index contributed by atoms with van der Waals surface area (Å²) in [6.45, 7) is 11.9. The Morgan fingerprint density at radius 2 is 1.62 bits per heavy atom. The van der Waals surface area contributed by atoms with Crippen molar-refractivity contribution < 1.29 is 29.1 Å². The highest BCUT2D eigenvalue weighted by atomic mass is 16.3. The number of aliphatic hydroxyl groups is 1. The third-order valence-corrected chi connectivity index (χ3v) is 12.7. The third kappa shape index (κ3) is 10.5. The summed E-state index contributed by atoms with van der Waals surface area (Å²) >= 11 is 0. The molecule has 296 valence electrons. The van der Waals surface area contributed by atoms with E-state index in [4.69, 9.17) is 5.73 Å². The van der Waals surface area contributed by atoms with Crippen LogP contribution in [0.1, 0.15) is 142 Å². The number of carbonyl (C=O) groups excluding carboxylic acids is 5. The number of aromatic nitrogens is 2. The first-order valence-electron chi connectivity index (χ1n) is 20.1. The molecule has 0 spiro atoms. The smallest absolute Gasteiger partial charge is 0.272 e. The van der Waals surface area contributed by atoms with Gasteiger partial charge < -0.3 is 31.7 Å². The minimum atomic E-state index is -1.56. The Labute approximate surface area is 315 Å². The monoisotopic (exact) mass is 739 g/mol. The molecule has 6 N–H and O–H groups in total. The van der Waals surface area contributed by atoms with Gasteiger partial charge in [-0.3, -0.25) is 29.0 Å². The minimum Gasteiger partial charge on any atom is -0.381 e. The molecule has 53 heavy (non-hydrogen) atoms. The van der Waals surface area contributed by atoms with Crippen LogP contribution in [0.3, 0.4) is 0 Å². The molecule has 2 unspecified atom stereocenters. The average molecular weight is 740 g/mol. The first kappa shape index (κ1) is 42.1. The van der Waals surface area contributed by atoms with Crippen molar-refractivity contribution >= 4 is 29.5 Å². The highest BCUT2D eigenvalue weighted by Crippen LogP contribution is 2.51. The van der Waals surface area contributed by atoms with Crippen molar-refractivity contribution in [1.82, 2.24) is 30.8 Å². The van der Waals surface area contributed by atoms with E-state index in [1.807, 2.05) is 27.7 Å². The number of carbonyl (C=O) groups is 5. The van der Waals surface area contributed by atoms with Crippen LogP contribution >= 0.6 is 0 Å². The van der Waals surface area contributed by atoms with Gasteiger partial charge in [0.25, 0.3) is 5.91 Å². The molecule has 1 aromatic heterocycles. The molecule has 3 aliphatic rings. The summed E-state index contributed by atoms with van der Waals surface area (Å²) < 4.78 is 0. The van der Waals surface area contributed by atoms with Crippen molar-refractivity contribution in [3.63, 3.8) is 0 Å². The average Bonchev–Trinajstić information content (AvgIpc) is 3.09. The summed E-state index contributed by atoms with van der Waals surface area (Å²) in [7, 11) is 0. The molecular formula is C40H65N7O6. The van der Waals surface area contributed by atoms with E-state index in [9.17, 15) is 29.1 Å². The molecule has 5 amide bonds. The number of rotatable bonds is 18. The molecule has 0 bridgehead atoms. The Bertz CT molecular complexity index is 1400. The van der Waals surface area contributed by atoms with E-state index < -0.39 is 65.2 Å². The molecule has 3 fully saturated rings. The van der Waals surface area contributed by atoms with E-state index in [0.717, 1.165) is 77.0 Å². The van der Waals surface area contributed by atoms with E-state index >= 15 is 0 Å². The molecule has 0 aliphatic heterocycles. The highest BCUT2D eigenvalue weighted by Gasteiger charge is 2.46. The van der Waals surface area contributed by atoms with Gasteiger partial charge in [-0.25, -0.2) is 4.98 Å². The van der Waals surface area contributed by atoms with Crippen LogP contribution < -0.4 is 21.7 Å². The van der Waals surface area contributed by atoms with Gasteiger partial charge in [0, 0.05) is 18.9 Å². The Hall–Kier alpha value is -3.61. The molecule has 4 rings (SSSR count). The zero-order valence-electron chi connectivity index (χ0n) is 32.9. The SMILES string of the molecule is CCN(C(=O)[C@@H](NC(=O)[C@@H](NC(=O)c1cnccn1)C1CCCCC1)C(C)(C)C)[C@@H](C[C@@H](C)C1(CC)CCC1)C(=O)NC(CC1CCC1)C(O)C(N)=O. The highest BCUT2D eigenvalue weighted by molar-refractivity contribution is 5.98. The van der Waals surface area contributed by atoms with Gasteiger partial charge in [-0.2, -0.15) is 0 Å². The summed E-state index contributed by atoms with van der Waals surface area (Å²) in [5.74, 6) is -2.50. The Morgan fingerprint density at radius 3 is 2.11 bits per heavy atom. The van der Waals surface area contributed by atoms with Gasteiger partial charge in [0.1, 0.15) is 23.8 Å². The molecule has 1 heterocycles. The summed E-state index contributed by atoms with van der Waals surface area (Å²) in [4.78, 5) is 78.8. The fourth-order valence-corrected chi connectivity index (χ4v) is 8.69. The van der Waals surface area contributed by atoms with Crippen LogP contribution in [0.5, 0.6) is 0 Å². The number of nitrogens with zero attached hydrogens (tertiary/aromatic N) is 3. The van der Waals surface area contributed by atoms with Gasteiger partial charge in [0.15, 0.2) is 6.10 Å². The van der Waals surface area contributed by atoms with Crippen molar-refractivity contribution in [2.75, 3.05) is 6.54 Å². The maximum atomic E-state index is 14.9. The van der Waals surface area contributed by atoms with Crippen LogP contribution in [0.2, 0.25) is 0 Å². The van der Waals surface area contributed by atoms with Crippen LogP contribution in [-0.4, -0.2) is 86.3 Å². The lowest BCUT2D eigenvalue weighted by molar-refractivity contribution is -0.148. The van der Waals surface area contributed by atoms with Crippen LogP contribution in [0, 0.1) is 28.6 Å². The predicted octanol–water partition coefficient (Wildman–Crippen LogP) is 4.03. The standard InChI is InChI=1S/C40H65N7O6/c1-7-40(18-13-19-40)25(3)22-30(36(51)44-28(32(48)34(41)49)23-26-14-12-15-26)47(8-2)38(53)33(39(4,5)6)46-37(52)31(27-16-10-9-11-17-27)45-35(50)29-24-42-20-21-43-29/h20-21,24-28,30-33,48H,7-19,22-23H2,1-6H3,(H2,41,49)(H,44,51)(H,45,50)(H,46,52)/t25-,28?,30+,31+,32?,33-/m1/s1. The largest absolute Gasteiger partial charge is 0.381 e. The maximum Gasteiger partial charge on any atom is 0.272 e. The van der Waals surface area contributed by atoms with Crippen LogP contribution in [-0.2, 0) is 19.2 Å². The van der Waals surface area contributed by atoms with Gasteiger partial charge in [0.2, 0.25) is 23.6 Å². The van der Waals surface area contributed by atoms with Crippen LogP contribution in [0.15, 0.2) is 18.6 Å². The number of likely N-dealkylation sites (N-methyl/N-ethyl adjacent to an activating group) is 1.